The molecule has 0 spiro atoms. The van der Waals surface area contributed by atoms with Crippen molar-refractivity contribution in [2.45, 2.75) is 39.2 Å². The molecule has 1 aliphatic rings. The SMILES string of the molecule is CN=C(NCCC(C)c1ccc(OC)cc1)N1CCN(CC(=O)NC(C)C)CC1. The van der Waals surface area contributed by atoms with E-state index in [1.165, 1.54) is 5.56 Å². The number of rotatable bonds is 8. The van der Waals surface area contributed by atoms with Gasteiger partial charge in [0.25, 0.3) is 0 Å². The van der Waals surface area contributed by atoms with Gasteiger partial charge in [-0.2, -0.15) is 0 Å². The summed E-state index contributed by atoms with van der Waals surface area (Å²) < 4.78 is 5.23. The Morgan fingerprint density at radius 3 is 2.34 bits per heavy atom. The number of carbonyl (C=O) groups excluding carboxylic acids is 1. The molecule has 7 heteroatoms. The first kappa shape index (κ1) is 23.0. The van der Waals surface area contributed by atoms with E-state index >= 15 is 0 Å². The Kier molecular flexibility index (Phi) is 9.25. The number of benzene rings is 1. The molecule has 1 amide bonds. The summed E-state index contributed by atoms with van der Waals surface area (Å²) in [4.78, 5) is 20.9. The zero-order valence-electron chi connectivity index (χ0n) is 18.6. The smallest absolute Gasteiger partial charge is 0.234 e. The highest BCUT2D eigenvalue weighted by atomic mass is 16.5. The summed E-state index contributed by atoms with van der Waals surface area (Å²) in [5.41, 5.74) is 1.32. The maximum Gasteiger partial charge on any atom is 0.234 e. The predicted octanol–water partition coefficient (Wildman–Crippen LogP) is 1.91. The molecule has 7 nitrogen and oxygen atoms in total. The number of aliphatic imine (C=N–C) groups is 1. The molecule has 0 bridgehead atoms. The molecule has 1 fully saturated rings. The lowest BCUT2D eigenvalue weighted by atomic mass is 9.98. The topological polar surface area (TPSA) is 69.2 Å². The average Bonchev–Trinajstić information content (AvgIpc) is 2.71. The zero-order chi connectivity index (χ0) is 21.2. The number of amides is 1. The minimum atomic E-state index is 0.100. The molecule has 2 rings (SSSR count). The number of nitrogens with one attached hydrogen (secondary N) is 2. The first-order valence-electron chi connectivity index (χ1n) is 10.5. The van der Waals surface area contributed by atoms with Crippen molar-refractivity contribution in [1.82, 2.24) is 20.4 Å². The summed E-state index contributed by atoms with van der Waals surface area (Å²) in [5, 5.41) is 6.45. The van der Waals surface area contributed by atoms with Gasteiger partial charge in [-0.3, -0.25) is 14.7 Å². The lowest BCUT2D eigenvalue weighted by Crippen LogP contribution is -2.54. The number of ether oxygens (including phenoxy) is 1. The van der Waals surface area contributed by atoms with Crippen LogP contribution in [0, 0.1) is 0 Å². The van der Waals surface area contributed by atoms with E-state index in [1.54, 1.807) is 7.11 Å². The van der Waals surface area contributed by atoms with Gasteiger partial charge < -0.3 is 20.3 Å². The third-order valence-electron chi connectivity index (χ3n) is 5.25. The standard InChI is InChI=1S/C22H37N5O2/c1-17(2)25-21(28)16-26-12-14-27(15-13-26)22(23-4)24-11-10-18(3)19-6-8-20(29-5)9-7-19/h6-9,17-18H,10-16H2,1-5H3,(H,23,24)(H,25,28). The highest BCUT2D eigenvalue weighted by Gasteiger charge is 2.21. The van der Waals surface area contributed by atoms with E-state index < -0.39 is 0 Å². The van der Waals surface area contributed by atoms with Crippen LogP contribution in [0.3, 0.4) is 0 Å². The van der Waals surface area contributed by atoms with Gasteiger partial charge in [-0.1, -0.05) is 19.1 Å². The first-order valence-corrected chi connectivity index (χ1v) is 10.5. The van der Waals surface area contributed by atoms with Crippen molar-refractivity contribution in [2.24, 2.45) is 4.99 Å². The van der Waals surface area contributed by atoms with E-state index in [0.717, 1.165) is 50.9 Å². The Hall–Kier alpha value is -2.28. The number of hydrogen-bond donors (Lipinski definition) is 2. The lowest BCUT2D eigenvalue weighted by molar-refractivity contribution is -0.123. The summed E-state index contributed by atoms with van der Waals surface area (Å²) in [7, 11) is 3.52. The molecule has 1 aromatic rings. The second-order valence-corrected chi connectivity index (χ2v) is 7.92. The van der Waals surface area contributed by atoms with E-state index in [-0.39, 0.29) is 11.9 Å². The minimum Gasteiger partial charge on any atom is -0.497 e. The lowest BCUT2D eigenvalue weighted by Gasteiger charge is -2.36. The van der Waals surface area contributed by atoms with Crippen LogP contribution >= 0.6 is 0 Å². The fourth-order valence-corrected chi connectivity index (χ4v) is 3.52. The summed E-state index contributed by atoms with van der Waals surface area (Å²) >= 11 is 0. The quantitative estimate of drug-likeness (QED) is 0.513. The predicted molar refractivity (Wildman–Crippen MR) is 119 cm³/mol. The molecule has 1 atom stereocenters. The van der Waals surface area contributed by atoms with Crippen LogP contribution in [-0.4, -0.2) is 81.1 Å². The third-order valence-corrected chi connectivity index (χ3v) is 5.25. The molecule has 0 radical (unpaired) electrons. The van der Waals surface area contributed by atoms with Crippen molar-refractivity contribution in [3.05, 3.63) is 29.8 Å². The molecule has 162 valence electrons. The number of nitrogens with zero attached hydrogens (tertiary/aromatic N) is 3. The molecular weight excluding hydrogens is 366 g/mol. The monoisotopic (exact) mass is 403 g/mol. The van der Waals surface area contributed by atoms with Crippen molar-refractivity contribution in [3.63, 3.8) is 0 Å². The van der Waals surface area contributed by atoms with Gasteiger partial charge in [0, 0.05) is 45.8 Å². The molecule has 1 saturated heterocycles. The van der Waals surface area contributed by atoms with Crippen LogP contribution in [0.4, 0.5) is 0 Å². The number of methoxy groups -OCH3 is 1. The van der Waals surface area contributed by atoms with E-state index in [2.05, 4.69) is 44.5 Å². The van der Waals surface area contributed by atoms with Crippen molar-refractivity contribution >= 4 is 11.9 Å². The van der Waals surface area contributed by atoms with Crippen LogP contribution in [0.25, 0.3) is 0 Å². The van der Waals surface area contributed by atoms with Crippen LogP contribution in [0.2, 0.25) is 0 Å². The largest absolute Gasteiger partial charge is 0.497 e. The van der Waals surface area contributed by atoms with Crippen LogP contribution < -0.4 is 15.4 Å². The highest BCUT2D eigenvalue weighted by molar-refractivity contribution is 5.80. The van der Waals surface area contributed by atoms with Gasteiger partial charge in [0.05, 0.1) is 13.7 Å². The van der Waals surface area contributed by atoms with Crippen LogP contribution in [-0.2, 0) is 4.79 Å². The average molecular weight is 404 g/mol. The molecule has 1 aliphatic heterocycles. The van der Waals surface area contributed by atoms with E-state index in [1.807, 2.05) is 33.0 Å². The van der Waals surface area contributed by atoms with Crippen molar-refractivity contribution < 1.29 is 9.53 Å². The molecular formula is C22H37N5O2. The Morgan fingerprint density at radius 2 is 1.79 bits per heavy atom. The van der Waals surface area contributed by atoms with Gasteiger partial charge in [-0.15, -0.1) is 0 Å². The Labute approximate surface area is 175 Å². The van der Waals surface area contributed by atoms with Crippen molar-refractivity contribution in [3.8, 4) is 5.75 Å². The Morgan fingerprint density at radius 1 is 1.14 bits per heavy atom. The van der Waals surface area contributed by atoms with Crippen LogP contribution in [0.5, 0.6) is 5.75 Å². The molecule has 29 heavy (non-hydrogen) atoms. The highest BCUT2D eigenvalue weighted by Crippen LogP contribution is 2.21. The second kappa shape index (κ2) is 11.7. The summed E-state index contributed by atoms with van der Waals surface area (Å²) in [6.45, 7) is 11.1. The van der Waals surface area contributed by atoms with Gasteiger partial charge in [-0.25, -0.2) is 0 Å². The maximum atomic E-state index is 11.9. The van der Waals surface area contributed by atoms with Gasteiger partial charge in [0.2, 0.25) is 5.91 Å². The number of guanidine groups is 1. The number of carbonyl (C=O) groups is 1. The molecule has 1 unspecified atom stereocenters. The van der Waals surface area contributed by atoms with Crippen molar-refractivity contribution in [2.75, 3.05) is 53.4 Å². The molecule has 0 saturated carbocycles. The maximum absolute atomic E-state index is 11.9. The minimum absolute atomic E-state index is 0.100. The fourth-order valence-electron chi connectivity index (χ4n) is 3.52. The number of hydrogen-bond acceptors (Lipinski definition) is 4. The van der Waals surface area contributed by atoms with Crippen LogP contribution in [0.1, 0.15) is 38.7 Å². The Balaban J connectivity index is 1.73. The van der Waals surface area contributed by atoms with Gasteiger partial charge in [-0.05, 0) is 43.9 Å². The molecule has 1 heterocycles. The van der Waals surface area contributed by atoms with E-state index in [9.17, 15) is 4.79 Å². The van der Waals surface area contributed by atoms with E-state index in [4.69, 9.17) is 4.74 Å². The van der Waals surface area contributed by atoms with Crippen LogP contribution in [0.15, 0.2) is 29.3 Å². The normalized spacial score (nSPS) is 16.6. The summed E-state index contributed by atoms with van der Waals surface area (Å²) in [5.74, 6) is 2.39. The zero-order valence-corrected chi connectivity index (χ0v) is 18.6. The molecule has 0 aromatic heterocycles. The van der Waals surface area contributed by atoms with Crippen molar-refractivity contribution in [1.29, 1.82) is 0 Å². The second-order valence-electron chi connectivity index (χ2n) is 7.92. The molecule has 2 N–H and O–H groups in total. The molecule has 1 aromatic carbocycles. The first-order chi connectivity index (χ1) is 13.9. The third kappa shape index (κ3) is 7.57. The van der Waals surface area contributed by atoms with Gasteiger partial charge in [0.1, 0.15) is 5.75 Å². The van der Waals surface area contributed by atoms with Gasteiger partial charge >= 0.3 is 0 Å². The van der Waals surface area contributed by atoms with Gasteiger partial charge in [0.15, 0.2) is 5.96 Å². The molecule has 0 aliphatic carbocycles. The fraction of sp³-hybridized carbons (Fsp3) is 0.636. The Bertz CT molecular complexity index is 652. The summed E-state index contributed by atoms with van der Waals surface area (Å²) in [6, 6.07) is 8.48. The summed E-state index contributed by atoms with van der Waals surface area (Å²) in [6.07, 6.45) is 1.03. The van der Waals surface area contributed by atoms with E-state index in [0.29, 0.717) is 12.5 Å². The number of piperazine rings is 1.